The molecule has 2 heterocycles. The fourth-order valence-electron chi connectivity index (χ4n) is 3.32. The van der Waals surface area contributed by atoms with Crippen molar-refractivity contribution >= 4 is 32.4 Å². The minimum Gasteiger partial charge on any atom is -0.325 e. The largest absolute Gasteiger partial charge is 0.331 e. The molecule has 1 aliphatic heterocycles. The van der Waals surface area contributed by atoms with E-state index in [1.54, 1.807) is 18.2 Å². The van der Waals surface area contributed by atoms with E-state index in [1.165, 1.54) is 6.07 Å². The lowest BCUT2D eigenvalue weighted by atomic mass is 10.1. The van der Waals surface area contributed by atoms with Crippen LogP contribution < -0.4 is 5.32 Å². The van der Waals surface area contributed by atoms with Crippen LogP contribution in [0.2, 0.25) is 0 Å². The molecule has 0 saturated heterocycles. The average Bonchev–Trinajstić information content (AvgIpc) is 3.11. The Balaban J connectivity index is 1.87. The number of aromatic nitrogens is 2. The zero-order valence-electron chi connectivity index (χ0n) is 17.2. The molecule has 4 rings (SSSR count). The van der Waals surface area contributed by atoms with E-state index in [0.717, 1.165) is 36.1 Å². The van der Waals surface area contributed by atoms with Gasteiger partial charge in [-0.15, -0.1) is 0 Å². The highest BCUT2D eigenvalue weighted by Gasteiger charge is 2.38. The Morgan fingerprint density at radius 1 is 1.09 bits per heavy atom. The van der Waals surface area contributed by atoms with Gasteiger partial charge in [0.05, 0.1) is 17.8 Å². The molecule has 1 N–H and O–H groups in total. The van der Waals surface area contributed by atoms with Gasteiger partial charge >= 0.3 is 5.92 Å². The minimum atomic E-state index is -3.62. The number of alkyl halides is 2. The number of sulfone groups is 1. The molecule has 10 heteroatoms. The lowest BCUT2D eigenvalue weighted by molar-refractivity contribution is 0.0333. The van der Waals surface area contributed by atoms with Crippen molar-refractivity contribution in [1.82, 2.24) is 9.97 Å². The topological polar surface area (TPSA) is 84.3 Å². The third-order valence-electron chi connectivity index (χ3n) is 4.81. The molecule has 0 atom stereocenters. The molecule has 0 radical (unpaired) electrons. The highest BCUT2D eigenvalue weighted by atomic mass is 32.2. The van der Waals surface area contributed by atoms with Crippen molar-refractivity contribution in [3.05, 3.63) is 76.9 Å². The number of fused-ring (bicyclic) bond motifs is 1. The summed E-state index contributed by atoms with van der Waals surface area (Å²) in [6.07, 6.45) is 2.87. The number of nitrogens with zero attached hydrogens (tertiary/aromatic N) is 3. The van der Waals surface area contributed by atoms with Gasteiger partial charge in [-0.1, -0.05) is 6.07 Å². The van der Waals surface area contributed by atoms with Crippen LogP contribution >= 0.6 is 0 Å². The van der Waals surface area contributed by atoms with Crippen LogP contribution in [0.5, 0.6) is 0 Å². The molecule has 1 aromatic heterocycles. The van der Waals surface area contributed by atoms with Crippen LogP contribution in [-0.4, -0.2) is 37.0 Å². The first kappa shape index (κ1) is 21.9. The molecule has 1 aliphatic rings. The third kappa shape index (κ3) is 4.64. The van der Waals surface area contributed by atoms with E-state index in [0.29, 0.717) is 23.3 Å². The summed E-state index contributed by atoms with van der Waals surface area (Å²) in [7, 11) is -3.34. The number of hydrogen-bond donors (Lipinski definition) is 1. The minimum absolute atomic E-state index is 0.113. The Labute approximate surface area is 182 Å². The average molecular weight is 460 g/mol. The second kappa shape index (κ2) is 8.01. The van der Waals surface area contributed by atoms with E-state index >= 15 is 8.78 Å². The zero-order chi connectivity index (χ0) is 23.1. The molecule has 0 bridgehead atoms. The van der Waals surface area contributed by atoms with Gasteiger partial charge < -0.3 is 5.32 Å². The number of aliphatic imine (C=N–C) groups is 1. The van der Waals surface area contributed by atoms with E-state index in [9.17, 15) is 12.8 Å². The summed E-state index contributed by atoms with van der Waals surface area (Å²) in [5, 5.41) is 3.40. The monoisotopic (exact) mass is 460 g/mol. The molecule has 2 aromatic carbocycles. The van der Waals surface area contributed by atoms with Crippen molar-refractivity contribution in [3.63, 3.8) is 0 Å². The molecule has 0 spiro atoms. The van der Waals surface area contributed by atoms with Crippen LogP contribution in [0.25, 0.3) is 10.9 Å². The lowest BCUT2D eigenvalue weighted by Gasteiger charge is -2.18. The predicted molar refractivity (Wildman–Crippen MR) is 117 cm³/mol. The van der Waals surface area contributed by atoms with Crippen molar-refractivity contribution in [1.29, 1.82) is 0 Å². The van der Waals surface area contributed by atoms with Crippen LogP contribution in [0, 0.1) is 5.82 Å². The fraction of sp³-hybridized carbons (Fsp3) is 0.227. The molecule has 0 unspecified atom stereocenters. The molecule has 166 valence electrons. The Hall–Kier alpha value is -3.27. The molecule has 0 aliphatic carbocycles. The van der Waals surface area contributed by atoms with Gasteiger partial charge in [0.2, 0.25) is 5.82 Å². The Morgan fingerprint density at radius 3 is 2.44 bits per heavy atom. The van der Waals surface area contributed by atoms with Crippen LogP contribution in [0.1, 0.15) is 23.9 Å². The maximum absolute atomic E-state index is 15.3. The Kier molecular flexibility index (Phi) is 5.49. The summed E-state index contributed by atoms with van der Waals surface area (Å²) in [6.45, 7) is 2.38. The zero-order valence-corrected chi connectivity index (χ0v) is 18.0. The predicted octanol–water partition coefficient (Wildman–Crippen LogP) is 4.22. The first-order valence-electron chi connectivity index (χ1n) is 9.63. The van der Waals surface area contributed by atoms with Crippen molar-refractivity contribution in [2.75, 3.05) is 18.1 Å². The maximum atomic E-state index is 15.3. The molecule has 0 amide bonds. The lowest BCUT2D eigenvalue weighted by Crippen LogP contribution is -2.21. The van der Waals surface area contributed by atoms with Gasteiger partial charge in [-0.3, -0.25) is 4.99 Å². The molecule has 6 nitrogen and oxygen atoms in total. The Morgan fingerprint density at radius 2 is 1.81 bits per heavy atom. The summed E-state index contributed by atoms with van der Waals surface area (Å²) < 4.78 is 67.1. The van der Waals surface area contributed by atoms with Crippen molar-refractivity contribution in [2.45, 2.75) is 18.6 Å². The van der Waals surface area contributed by atoms with Crippen molar-refractivity contribution in [2.24, 2.45) is 4.99 Å². The van der Waals surface area contributed by atoms with Crippen LogP contribution in [-0.2, 0) is 21.5 Å². The number of anilines is 1. The van der Waals surface area contributed by atoms with E-state index in [1.807, 2.05) is 6.92 Å². The van der Waals surface area contributed by atoms with E-state index in [4.69, 9.17) is 0 Å². The summed E-state index contributed by atoms with van der Waals surface area (Å²) in [4.78, 5) is 12.4. The van der Waals surface area contributed by atoms with Crippen molar-refractivity contribution in [3.8, 4) is 0 Å². The first-order chi connectivity index (χ1) is 15.0. The van der Waals surface area contributed by atoms with E-state index < -0.39 is 33.0 Å². The molecule has 32 heavy (non-hydrogen) atoms. The summed E-state index contributed by atoms with van der Waals surface area (Å²) in [5.74, 6) is -4.73. The van der Waals surface area contributed by atoms with Gasteiger partial charge in [-0.05, 0) is 60.5 Å². The van der Waals surface area contributed by atoms with Gasteiger partial charge in [0.25, 0.3) is 0 Å². The number of halogens is 3. The smallest absolute Gasteiger partial charge is 0.325 e. The van der Waals surface area contributed by atoms with Gasteiger partial charge in [0.15, 0.2) is 9.84 Å². The van der Waals surface area contributed by atoms with Crippen LogP contribution in [0.4, 0.5) is 19.0 Å². The van der Waals surface area contributed by atoms with Crippen LogP contribution in [0.3, 0.4) is 0 Å². The van der Waals surface area contributed by atoms with Gasteiger partial charge in [-0.2, -0.15) is 8.78 Å². The quantitative estimate of drug-likeness (QED) is 0.616. The SMILES string of the molecule is CC1=CC(Nc2nc(C(F)(F)c3ccc(F)cc3)nc3cc(CS(C)(=O)=O)ccc23)=NC1. The van der Waals surface area contributed by atoms with E-state index in [2.05, 4.69) is 20.3 Å². The van der Waals surface area contributed by atoms with Crippen molar-refractivity contribution < 1.29 is 21.6 Å². The number of amidine groups is 1. The summed E-state index contributed by atoms with van der Waals surface area (Å²) in [5.41, 5.74) is 1.10. The second-order valence-electron chi connectivity index (χ2n) is 7.72. The molecular formula is C22H19F3N4O2S. The van der Waals surface area contributed by atoms with Gasteiger partial charge in [0.1, 0.15) is 17.5 Å². The molecule has 0 saturated carbocycles. The summed E-state index contributed by atoms with van der Waals surface area (Å²) >= 11 is 0. The van der Waals surface area contributed by atoms with Crippen LogP contribution in [0.15, 0.2) is 59.1 Å². The molecule has 3 aromatic rings. The number of rotatable bonds is 5. The van der Waals surface area contributed by atoms with E-state index in [-0.39, 0.29) is 17.1 Å². The number of benzene rings is 2. The molecule has 0 fully saturated rings. The first-order valence-corrected chi connectivity index (χ1v) is 11.7. The highest BCUT2D eigenvalue weighted by Crippen LogP contribution is 2.36. The normalized spacial score (nSPS) is 14.4. The third-order valence-corrected chi connectivity index (χ3v) is 5.66. The van der Waals surface area contributed by atoms with Gasteiger partial charge in [0, 0.05) is 17.2 Å². The fourth-order valence-corrected chi connectivity index (χ4v) is 4.11. The molecular weight excluding hydrogens is 441 g/mol. The maximum Gasteiger partial charge on any atom is 0.331 e. The Bertz CT molecular complexity index is 1370. The summed E-state index contributed by atoms with van der Waals surface area (Å²) in [6, 6.07) is 8.46. The highest BCUT2D eigenvalue weighted by molar-refractivity contribution is 7.89. The standard InChI is InChI=1S/C22H19F3N4O2S/c1-13-9-19(26-11-13)28-20-17-8-3-14(12-32(2,30)31)10-18(17)27-21(29-20)22(24,25)15-4-6-16(23)7-5-15/h3-10H,11-12H2,1-2H3,(H,26,27,28,29). The number of nitrogens with one attached hydrogen (secondary N) is 1. The number of hydrogen-bond acceptors (Lipinski definition) is 6. The second-order valence-corrected chi connectivity index (χ2v) is 9.86. The van der Waals surface area contributed by atoms with Gasteiger partial charge in [-0.25, -0.2) is 22.8 Å².